The van der Waals surface area contributed by atoms with E-state index in [1.54, 1.807) is 0 Å². The SMILES string of the molecule is CC1CCC(C=O)(CN2CC(C)C(N(C)C)C2)CC1. The first kappa shape index (κ1) is 15.0. The van der Waals surface area contributed by atoms with E-state index in [2.05, 4.69) is 37.7 Å². The molecule has 19 heavy (non-hydrogen) atoms. The molecular formula is C16H30N2O. The van der Waals surface area contributed by atoms with E-state index in [1.807, 2.05) is 0 Å². The van der Waals surface area contributed by atoms with Crippen LogP contribution in [-0.2, 0) is 4.79 Å². The van der Waals surface area contributed by atoms with Crippen molar-refractivity contribution < 1.29 is 4.79 Å². The third-order valence-corrected chi connectivity index (χ3v) is 5.37. The summed E-state index contributed by atoms with van der Waals surface area (Å²) < 4.78 is 0. The molecule has 0 radical (unpaired) electrons. The van der Waals surface area contributed by atoms with Crippen LogP contribution in [0.1, 0.15) is 39.5 Å². The molecule has 0 spiro atoms. The van der Waals surface area contributed by atoms with Gasteiger partial charge < -0.3 is 14.6 Å². The summed E-state index contributed by atoms with van der Waals surface area (Å²) >= 11 is 0. The van der Waals surface area contributed by atoms with Crippen LogP contribution in [-0.4, -0.2) is 55.9 Å². The summed E-state index contributed by atoms with van der Waals surface area (Å²) in [6.45, 7) is 7.90. The van der Waals surface area contributed by atoms with Crippen molar-refractivity contribution >= 4 is 6.29 Å². The molecule has 0 N–H and O–H groups in total. The highest BCUT2D eigenvalue weighted by molar-refractivity contribution is 5.60. The lowest BCUT2D eigenvalue weighted by Gasteiger charge is -2.37. The van der Waals surface area contributed by atoms with E-state index in [-0.39, 0.29) is 5.41 Å². The van der Waals surface area contributed by atoms with Crippen LogP contribution < -0.4 is 0 Å². The minimum absolute atomic E-state index is 0.0482. The Labute approximate surface area is 118 Å². The fraction of sp³-hybridized carbons (Fsp3) is 0.938. The van der Waals surface area contributed by atoms with Gasteiger partial charge >= 0.3 is 0 Å². The zero-order chi connectivity index (χ0) is 14.0. The van der Waals surface area contributed by atoms with Gasteiger partial charge in [-0.25, -0.2) is 0 Å². The zero-order valence-electron chi connectivity index (χ0n) is 13.1. The lowest BCUT2D eigenvalue weighted by molar-refractivity contribution is -0.119. The summed E-state index contributed by atoms with van der Waals surface area (Å²) in [5.74, 6) is 1.52. The van der Waals surface area contributed by atoms with Crippen LogP contribution in [0.5, 0.6) is 0 Å². The highest BCUT2D eigenvalue weighted by Gasteiger charge is 2.39. The maximum Gasteiger partial charge on any atom is 0.127 e. The summed E-state index contributed by atoms with van der Waals surface area (Å²) in [6, 6.07) is 0.645. The van der Waals surface area contributed by atoms with Gasteiger partial charge in [0.25, 0.3) is 0 Å². The summed E-state index contributed by atoms with van der Waals surface area (Å²) in [4.78, 5) is 16.5. The Morgan fingerprint density at radius 2 is 1.84 bits per heavy atom. The Morgan fingerprint density at radius 3 is 2.32 bits per heavy atom. The van der Waals surface area contributed by atoms with Gasteiger partial charge in [0, 0.05) is 31.1 Å². The van der Waals surface area contributed by atoms with Gasteiger partial charge in [0.1, 0.15) is 6.29 Å². The number of aldehydes is 1. The Bertz CT molecular complexity index is 308. The predicted octanol–water partition coefficient (Wildman–Crippen LogP) is 2.26. The van der Waals surface area contributed by atoms with Crippen molar-refractivity contribution in [3.8, 4) is 0 Å². The molecule has 0 aromatic heterocycles. The van der Waals surface area contributed by atoms with Crippen LogP contribution in [0.25, 0.3) is 0 Å². The van der Waals surface area contributed by atoms with E-state index < -0.39 is 0 Å². The van der Waals surface area contributed by atoms with Crippen molar-refractivity contribution in [1.29, 1.82) is 0 Å². The monoisotopic (exact) mass is 266 g/mol. The molecule has 2 atom stereocenters. The lowest BCUT2D eigenvalue weighted by Crippen LogP contribution is -2.41. The van der Waals surface area contributed by atoms with Gasteiger partial charge in [0.2, 0.25) is 0 Å². The lowest BCUT2D eigenvalue weighted by atomic mass is 9.71. The first-order valence-electron chi connectivity index (χ1n) is 7.81. The number of carbonyl (C=O) groups excluding carboxylic acids is 1. The maximum atomic E-state index is 11.6. The van der Waals surface area contributed by atoms with Gasteiger partial charge in [0.15, 0.2) is 0 Å². The van der Waals surface area contributed by atoms with E-state index in [4.69, 9.17) is 0 Å². The van der Waals surface area contributed by atoms with Crippen molar-refractivity contribution in [3.05, 3.63) is 0 Å². The second-order valence-electron chi connectivity index (χ2n) is 7.37. The van der Waals surface area contributed by atoms with Crippen LogP contribution in [0, 0.1) is 17.3 Å². The van der Waals surface area contributed by atoms with E-state index in [0.29, 0.717) is 12.0 Å². The van der Waals surface area contributed by atoms with Crippen molar-refractivity contribution in [2.75, 3.05) is 33.7 Å². The Hall–Kier alpha value is -0.410. The Morgan fingerprint density at radius 1 is 1.21 bits per heavy atom. The van der Waals surface area contributed by atoms with Gasteiger partial charge in [-0.3, -0.25) is 0 Å². The first-order chi connectivity index (χ1) is 8.96. The number of hydrogen-bond donors (Lipinski definition) is 0. The summed E-state index contributed by atoms with van der Waals surface area (Å²) in [5.41, 5.74) is -0.0482. The third-order valence-electron chi connectivity index (χ3n) is 5.37. The van der Waals surface area contributed by atoms with Crippen molar-refractivity contribution in [3.63, 3.8) is 0 Å². The first-order valence-corrected chi connectivity index (χ1v) is 7.81. The third kappa shape index (κ3) is 3.38. The number of likely N-dealkylation sites (N-methyl/N-ethyl adjacent to an activating group) is 1. The molecule has 110 valence electrons. The topological polar surface area (TPSA) is 23.6 Å². The predicted molar refractivity (Wildman–Crippen MR) is 79.2 cm³/mol. The van der Waals surface area contributed by atoms with Gasteiger partial charge in [-0.15, -0.1) is 0 Å². The molecule has 1 aliphatic heterocycles. The summed E-state index contributed by atoms with van der Waals surface area (Å²) in [6.07, 6.45) is 5.90. The standard InChI is InChI=1S/C16H30N2O/c1-13-5-7-16(12-19,8-6-13)11-18-9-14(2)15(10-18)17(3)4/h12-15H,5-11H2,1-4H3. The highest BCUT2D eigenvalue weighted by Crippen LogP contribution is 2.39. The number of carbonyl (C=O) groups is 1. The molecule has 2 unspecified atom stereocenters. The van der Waals surface area contributed by atoms with Crippen LogP contribution in [0.15, 0.2) is 0 Å². The van der Waals surface area contributed by atoms with Gasteiger partial charge in [-0.2, -0.15) is 0 Å². The number of likely N-dealkylation sites (tertiary alicyclic amines) is 1. The van der Waals surface area contributed by atoms with E-state index in [9.17, 15) is 4.79 Å². The van der Waals surface area contributed by atoms with Gasteiger partial charge in [0.05, 0.1) is 0 Å². The minimum Gasteiger partial charge on any atom is -0.305 e. The van der Waals surface area contributed by atoms with E-state index in [1.165, 1.54) is 19.1 Å². The minimum atomic E-state index is -0.0482. The molecular weight excluding hydrogens is 236 g/mol. The largest absolute Gasteiger partial charge is 0.305 e. The normalized spacial score (nSPS) is 40.8. The number of rotatable bonds is 4. The average Bonchev–Trinajstić information content (AvgIpc) is 2.73. The fourth-order valence-electron chi connectivity index (χ4n) is 3.94. The second-order valence-corrected chi connectivity index (χ2v) is 7.37. The summed E-state index contributed by atoms with van der Waals surface area (Å²) in [7, 11) is 4.34. The van der Waals surface area contributed by atoms with Crippen LogP contribution >= 0.6 is 0 Å². The van der Waals surface area contributed by atoms with E-state index >= 15 is 0 Å². The Balaban J connectivity index is 1.95. The molecule has 0 bridgehead atoms. The molecule has 2 fully saturated rings. The molecule has 0 aromatic rings. The second kappa shape index (κ2) is 5.92. The number of nitrogens with zero attached hydrogens (tertiary/aromatic N) is 2. The molecule has 1 aliphatic carbocycles. The van der Waals surface area contributed by atoms with Gasteiger partial charge in [-0.1, -0.05) is 13.8 Å². The average molecular weight is 266 g/mol. The van der Waals surface area contributed by atoms with E-state index in [0.717, 1.165) is 38.4 Å². The molecule has 1 saturated carbocycles. The maximum absolute atomic E-state index is 11.6. The molecule has 2 aliphatic rings. The van der Waals surface area contributed by atoms with Crippen LogP contribution in [0.3, 0.4) is 0 Å². The Kier molecular flexibility index (Phi) is 4.67. The van der Waals surface area contributed by atoms with Crippen LogP contribution in [0.4, 0.5) is 0 Å². The number of hydrogen-bond acceptors (Lipinski definition) is 3. The molecule has 3 nitrogen and oxygen atoms in total. The van der Waals surface area contributed by atoms with Crippen molar-refractivity contribution in [2.45, 2.75) is 45.6 Å². The quantitative estimate of drug-likeness (QED) is 0.729. The van der Waals surface area contributed by atoms with Crippen molar-refractivity contribution in [1.82, 2.24) is 9.80 Å². The molecule has 1 heterocycles. The van der Waals surface area contributed by atoms with Gasteiger partial charge in [-0.05, 0) is 51.6 Å². The highest BCUT2D eigenvalue weighted by atomic mass is 16.1. The zero-order valence-corrected chi connectivity index (χ0v) is 13.1. The van der Waals surface area contributed by atoms with Crippen LogP contribution in [0.2, 0.25) is 0 Å². The molecule has 3 heteroatoms. The molecule has 0 aromatic carbocycles. The molecule has 0 amide bonds. The van der Waals surface area contributed by atoms with Crippen molar-refractivity contribution in [2.24, 2.45) is 17.3 Å². The summed E-state index contributed by atoms with van der Waals surface area (Å²) in [5, 5.41) is 0. The smallest absolute Gasteiger partial charge is 0.127 e. The molecule has 2 rings (SSSR count). The fourth-order valence-corrected chi connectivity index (χ4v) is 3.94. The molecule has 1 saturated heterocycles.